The lowest BCUT2D eigenvalue weighted by Crippen LogP contribution is -2.47. The number of rotatable bonds is 4. The van der Waals surface area contributed by atoms with Gasteiger partial charge < -0.3 is 25.5 Å². The molecule has 0 unspecified atom stereocenters. The first-order valence-corrected chi connectivity index (χ1v) is 10.1. The van der Waals surface area contributed by atoms with Gasteiger partial charge in [0.05, 0.1) is 17.8 Å². The fourth-order valence-electron chi connectivity index (χ4n) is 4.47. The summed E-state index contributed by atoms with van der Waals surface area (Å²) in [5.41, 5.74) is 8.17. The molecule has 0 aliphatic carbocycles. The van der Waals surface area contributed by atoms with E-state index < -0.39 is 0 Å². The summed E-state index contributed by atoms with van der Waals surface area (Å²) in [5, 5.41) is 18.4. The highest BCUT2D eigenvalue weighted by Crippen LogP contribution is 2.29. The molecule has 5 rings (SSSR count). The van der Waals surface area contributed by atoms with Crippen molar-refractivity contribution in [2.45, 2.75) is 18.6 Å². The fourth-order valence-corrected chi connectivity index (χ4v) is 4.47. The molecule has 0 spiro atoms. The topological polar surface area (TPSA) is 110 Å². The van der Waals surface area contributed by atoms with Crippen molar-refractivity contribution in [1.29, 1.82) is 0 Å². The second-order valence-corrected chi connectivity index (χ2v) is 7.75. The number of hydrogen-bond donors (Lipinski definition) is 3. The number of nitrogens with two attached hydrogens (primary N) is 1. The number of aromatic amines is 1. The average molecular weight is 394 g/mol. The molecule has 3 aromatic rings. The predicted molar refractivity (Wildman–Crippen MR) is 113 cm³/mol. The first-order valence-electron chi connectivity index (χ1n) is 10.1. The van der Waals surface area contributed by atoms with Gasteiger partial charge in [-0.05, 0) is 18.6 Å². The Morgan fingerprint density at radius 2 is 1.90 bits per heavy atom. The fraction of sp³-hybridized carbons (Fsp3) is 0.450. The minimum atomic E-state index is -0.351. The van der Waals surface area contributed by atoms with E-state index in [2.05, 4.69) is 47.0 Å². The van der Waals surface area contributed by atoms with Crippen molar-refractivity contribution < 1.29 is 5.11 Å². The molecule has 1 aromatic carbocycles. The Balaban J connectivity index is 1.31. The maximum Gasteiger partial charge on any atom is 0.134 e. The lowest BCUT2D eigenvalue weighted by Gasteiger charge is -2.37. The van der Waals surface area contributed by atoms with Crippen molar-refractivity contribution >= 4 is 28.2 Å². The molecule has 2 fully saturated rings. The molecule has 2 aliphatic rings. The van der Waals surface area contributed by atoms with Crippen molar-refractivity contribution in [3.05, 3.63) is 36.8 Å². The second-order valence-electron chi connectivity index (χ2n) is 7.75. The number of nitrogens with one attached hydrogen (secondary N) is 1. The highest BCUT2D eigenvalue weighted by Gasteiger charge is 2.31. The van der Waals surface area contributed by atoms with Crippen LogP contribution in [0.4, 0.5) is 17.3 Å². The van der Waals surface area contributed by atoms with E-state index in [9.17, 15) is 5.11 Å². The SMILES string of the molecule is NC[C@H]1C[C@@H](O)CN1c1cc(N2CCN(c3cccc4[nH]ncc34)CC2)ncn1. The van der Waals surface area contributed by atoms with E-state index in [0.717, 1.165) is 48.7 Å². The normalized spacial score (nSPS) is 22.6. The molecule has 0 amide bonds. The number of aromatic nitrogens is 4. The van der Waals surface area contributed by atoms with Gasteiger partial charge in [-0.25, -0.2) is 9.97 Å². The van der Waals surface area contributed by atoms with Gasteiger partial charge in [0.2, 0.25) is 0 Å². The van der Waals surface area contributed by atoms with Crippen LogP contribution in [-0.2, 0) is 0 Å². The van der Waals surface area contributed by atoms with Crippen molar-refractivity contribution in [2.75, 3.05) is 54.0 Å². The molecule has 4 heterocycles. The highest BCUT2D eigenvalue weighted by atomic mass is 16.3. The number of nitrogens with zero attached hydrogens (tertiary/aromatic N) is 6. The molecule has 0 radical (unpaired) electrons. The van der Waals surface area contributed by atoms with E-state index in [1.807, 2.05) is 18.3 Å². The first kappa shape index (κ1) is 18.1. The van der Waals surface area contributed by atoms with Crippen LogP contribution in [0.3, 0.4) is 0 Å². The number of benzene rings is 1. The van der Waals surface area contributed by atoms with Crippen LogP contribution in [0.1, 0.15) is 6.42 Å². The molecule has 9 heteroatoms. The number of anilines is 3. The Bertz CT molecular complexity index is 983. The summed E-state index contributed by atoms with van der Waals surface area (Å²) in [6, 6.07) is 8.42. The van der Waals surface area contributed by atoms with Crippen LogP contribution in [0, 0.1) is 0 Å². The molecular weight excluding hydrogens is 368 g/mol. The number of H-pyrrole nitrogens is 1. The summed E-state index contributed by atoms with van der Waals surface area (Å²) in [7, 11) is 0. The molecule has 152 valence electrons. The zero-order valence-electron chi connectivity index (χ0n) is 16.3. The van der Waals surface area contributed by atoms with Crippen molar-refractivity contribution in [3.8, 4) is 0 Å². The Kier molecular flexibility index (Phi) is 4.69. The summed E-state index contributed by atoms with van der Waals surface area (Å²) < 4.78 is 0. The second kappa shape index (κ2) is 7.49. The summed E-state index contributed by atoms with van der Waals surface area (Å²) in [4.78, 5) is 15.7. The number of fused-ring (bicyclic) bond motifs is 1. The number of aliphatic hydroxyl groups is 1. The molecule has 9 nitrogen and oxygen atoms in total. The third-order valence-electron chi connectivity index (χ3n) is 6.00. The van der Waals surface area contributed by atoms with Crippen LogP contribution in [0.2, 0.25) is 0 Å². The Hall–Kier alpha value is -2.91. The van der Waals surface area contributed by atoms with Gasteiger partial charge in [-0.1, -0.05) is 6.07 Å². The third kappa shape index (κ3) is 3.36. The maximum atomic E-state index is 10.0. The van der Waals surface area contributed by atoms with Gasteiger partial charge in [0.15, 0.2) is 0 Å². The standard InChI is InChI=1S/C20H26N8O/c21-10-14-8-15(29)12-28(14)20-9-19(22-13-23-20)27-6-4-26(5-7-27)18-3-1-2-17-16(18)11-24-25-17/h1-3,9,11,13-15,29H,4-8,10,12,21H2,(H,24,25)/t14-,15-/m1/s1. The lowest BCUT2D eigenvalue weighted by molar-refractivity contribution is 0.194. The zero-order valence-corrected chi connectivity index (χ0v) is 16.3. The third-order valence-corrected chi connectivity index (χ3v) is 6.00. The minimum absolute atomic E-state index is 0.125. The smallest absolute Gasteiger partial charge is 0.134 e. The van der Waals surface area contributed by atoms with E-state index in [4.69, 9.17) is 5.73 Å². The highest BCUT2D eigenvalue weighted by molar-refractivity contribution is 5.91. The van der Waals surface area contributed by atoms with E-state index in [1.54, 1.807) is 6.33 Å². The van der Waals surface area contributed by atoms with Gasteiger partial charge in [0.25, 0.3) is 0 Å². The molecule has 2 atom stereocenters. The van der Waals surface area contributed by atoms with Crippen LogP contribution in [0.25, 0.3) is 10.9 Å². The van der Waals surface area contributed by atoms with Crippen molar-refractivity contribution in [3.63, 3.8) is 0 Å². The molecule has 0 bridgehead atoms. The van der Waals surface area contributed by atoms with Crippen molar-refractivity contribution in [2.24, 2.45) is 5.73 Å². The predicted octanol–water partition coefficient (Wildman–Crippen LogP) is 0.578. The summed E-state index contributed by atoms with van der Waals surface area (Å²) in [6.45, 7) is 4.67. The van der Waals surface area contributed by atoms with Crippen LogP contribution < -0.4 is 20.4 Å². The monoisotopic (exact) mass is 394 g/mol. The summed E-state index contributed by atoms with van der Waals surface area (Å²) in [5.74, 6) is 1.76. The van der Waals surface area contributed by atoms with Gasteiger partial charge in [0, 0.05) is 62.5 Å². The molecule has 29 heavy (non-hydrogen) atoms. The van der Waals surface area contributed by atoms with Crippen molar-refractivity contribution in [1.82, 2.24) is 20.2 Å². The Morgan fingerprint density at radius 3 is 2.72 bits per heavy atom. The first-order chi connectivity index (χ1) is 14.2. The van der Waals surface area contributed by atoms with Crippen LogP contribution in [-0.4, -0.2) is 76.7 Å². The largest absolute Gasteiger partial charge is 0.391 e. The quantitative estimate of drug-likeness (QED) is 0.589. The average Bonchev–Trinajstić information content (AvgIpc) is 3.40. The molecule has 0 saturated carbocycles. The summed E-state index contributed by atoms with van der Waals surface area (Å²) in [6.07, 6.45) is 3.85. The van der Waals surface area contributed by atoms with E-state index >= 15 is 0 Å². The molecule has 2 aliphatic heterocycles. The molecule has 2 aromatic heterocycles. The number of β-amino-alcohol motifs (C(OH)–C–C–N with tert-alkyl or cyclic N) is 1. The van der Waals surface area contributed by atoms with Crippen LogP contribution >= 0.6 is 0 Å². The van der Waals surface area contributed by atoms with Gasteiger partial charge >= 0.3 is 0 Å². The van der Waals surface area contributed by atoms with Gasteiger partial charge in [0.1, 0.15) is 18.0 Å². The van der Waals surface area contributed by atoms with Crippen LogP contribution in [0.15, 0.2) is 36.8 Å². The van der Waals surface area contributed by atoms with E-state index in [1.165, 1.54) is 5.69 Å². The lowest BCUT2D eigenvalue weighted by atomic mass is 10.2. The van der Waals surface area contributed by atoms with E-state index in [-0.39, 0.29) is 12.1 Å². The zero-order chi connectivity index (χ0) is 19.8. The summed E-state index contributed by atoms with van der Waals surface area (Å²) >= 11 is 0. The Labute approximate surface area is 169 Å². The van der Waals surface area contributed by atoms with E-state index in [0.29, 0.717) is 19.5 Å². The molecular formula is C20H26N8O. The number of aliphatic hydroxyl groups excluding tert-OH is 1. The van der Waals surface area contributed by atoms with Gasteiger partial charge in [-0.2, -0.15) is 5.10 Å². The van der Waals surface area contributed by atoms with Gasteiger partial charge in [-0.15, -0.1) is 0 Å². The molecule has 4 N–H and O–H groups in total. The Morgan fingerprint density at radius 1 is 1.10 bits per heavy atom. The maximum absolute atomic E-state index is 10.0. The van der Waals surface area contributed by atoms with Gasteiger partial charge in [-0.3, -0.25) is 5.10 Å². The minimum Gasteiger partial charge on any atom is -0.391 e. The van der Waals surface area contributed by atoms with Crippen LogP contribution in [0.5, 0.6) is 0 Å². The molecule has 2 saturated heterocycles. The number of piperazine rings is 1. The number of hydrogen-bond acceptors (Lipinski definition) is 8.